The molecule has 0 aliphatic rings. The number of hydrogen-bond acceptors (Lipinski definition) is 5. The molecule has 0 atom stereocenters. The van der Waals surface area contributed by atoms with Gasteiger partial charge in [0.05, 0.1) is 6.61 Å². The van der Waals surface area contributed by atoms with E-state index in [0.29, 0.717) is 21.3 Å². The zero-order chi connectivity index (χ0) is 18.7. The third kappa shape index (κ3) is 3.63. The lowest BCUT2D eigenvalue weighted by molar-refractivity contribution is 0.103. The summed E-state index contributed by atoms with van der Waals surface area (Å²) >= 11 is 6.62. The summed E-state index contributed by atoms with van der Waals surface area (Å²) < 4.78 is 7.66. The number of aromatic nitrogens is 1. The topological polar surface area (TPSA) is 69.3 Å². The third-order valence-electron chi connectivity index (χ3n) is 3.85. The molecule has 0 saturated carbocycles. The molecule has 0 aliphatic carbocycles. The number of nitrogen functional groups attached to an aromatic ring is 1. The summed E-state index contributed by atoms with van der Waals surface area (Å²) in [7, 11) is 0. The number of rotatable bonds is 5. The molecule has 0 spiro atoms. The minimum Gasteiger partial charge on any atom is -0.494 e. The molecule has 26 heavy (non-hydrogen) atoms. The predicted molar refractivity (Wildman–Crippen MR) is 109 cm³/mol. The first-order valence-electron chi connectivity index (χ1n) is 8.12. The van der Waals surface area contributed by atoms with E-state index in [2.05, 4.69) is 5.32 Å². The summed E-state index contributed by atoms with van der Waals surface area (Å²) in [5, 5.41) is 2.90. The van der Waals surface area contributed by atoms with Crippen molar-refractivity contribution in [2.45, 2.75) is 13.8 Å². The van der Waals surface area contributed by atoms with Gasteiger partial charge in [0.25, 0.3) is 5.91 Å². The molecule has 0 unspecified atom stereocenters. The highest BCUT2D eigenvalue weighted by Crippen LogP contribution is 2.28. The number of benzene rings is 2. The van der Waals surface area contributed by atoms with Gasteiger partial charge in [-0.1, -0.05) is 29.5 Å². The van der Waals surface area contributed by atoms with Gasteiger partial charge in [-0.05, 0) is 62.0 Å². The van der Waals surface area contributed by atoms with Crippen LogP contribution in [0.1, 0.15) is 22.2 Å². The van der Waals surface area contributed by atoms with Crippen LogP contribution in [-0.2, 0) is 0 Å². The second-order valence-corrected chi connectivity index (χ2v) is 7.26. The van der Waals surface area contributed by atoms with Crippen LogP contribution >= 0.6 is 23.6 Å². The largest absolute Gasteiger partial charge is 0.494 e. The number of nitrogens with two attached hydrogens (primary N) is 1. The molecule has 3 rings (SSSR count). The van der Waals surface area contributed by atoms with Crippen LogP contribution in [0.2, 0.25) is 0 Å². The van der Waals surface area contributed by atoms with Crippen molar-refractivity contribution in [2.24, 2.45) is 0 Å². The minimum atomic E-state index is -0.266. The van der Waals surface area contributed by atoms with E-state index >= 15 is 0 Å². The highest BCUT2D eigenvalue weighted by Gasteiger charge is 2.18. The lowest BCUT2D eigenvalue weighted by atomic mass is 10.2. The Morgan fingerprint density at radius 3 is 2.58 bits per heavy atom. The Bertz CT molecular complexity index is 991. The molecule has 1 aromatic heterocycles. The number of hydrogen-bond donors (Lipinski definition) is 2. The molecule has 0 bridgehead atoms. The van der Waals surface area contributed by atoms with E-state index < -0.39 is 0 Å². The van der Waals surface area contributed by atoms with Gasteiger partial charge in [0, 0.05) is 11.4 Å². The number of nitrogens with zero attached hydrogens (tertiary/aromatic N) is 1. The molecule has 3 N–H and O–H groups in total. The zero-order valence-corrected chi connectivity index (χ0v) is 16.1. The zero-order valence-electron chi connectivity index (χ0n) is 14.5. The van der Waals surface area contributed by atoms with Crippen LogP contribution < -0.4 is 15.8 Å². The number of nitrogens with one attached hydrogen (secondary N) is 1. The second kappa shape index (κ2) is 7.72. The van der Waals surface area contributed by atoms with Gasteiger partial charge in [-0.25, -0.2) is 0 Å². The van der Waals surface area contributed by atoms with Gasteiger partial charge in [0.15, 0.2) is 3.95 Å². The van der Waals surface area contributed by atoms with Gasteiger partial charge in [-0.15, -0.1) is 0 Å². The molecule has 5 nitrogen and oxygen atoms in total. The smallest absolute Gasteiger partial charge is 0.269 e. The molecular weight excluding hydrogens is 366 g/mol. The minimum absolute atomic E-state index is 0.266. The van der Waals surface area contributed by atoms with Crippen LogP contribution in [-0.4, -0.2) is 17.1 Å². The summed E-state index contributed by atoms with van der Waals surface area (Å²) in [6.45, 7) is 4.47. The molecule has 0 fully saturated rings. The number of ether oxygens (including phenoxy) is 1. The second-order valence-electron chi connectivity index (χ2n) is 5.61. The van der Waals surface area contributed by atoms with Crippen molar-refractivity contribution in [2.75, 3.05) is 17.7 Å². The van der Waals surface area contributed by atoms with Crippen molar-refractivity contribution >= 4 is 41.0 Å². The maximum absolute atomic E-state index is 12.7. The SMILES string of the molecule is CCOc1ccc(-n2c(N)c(C(=O)Nc3ccccc3C)sc2=S)cc1. The van der Waals surface area contributed by atoms with Crippen LogP contribution in [0.25, 0.3) is 5.69 Å². The third-order valence-corrected chi connectivity index (χ3v) is 5.24. The Morgan fingerprint density at radius 2 is 1.92 bits per heavy atom. The lowest BCUT2D eigenvalue weighted by Crippen LogP contribution is -2.14. The van der Waals surface area contributed by atoms with Crippen LogP contribution in [0.3, 0.4) is 0 Å². The first-order chi connectivity index (χ1) is 12.5. The Morgan fingerprint density at radius 1 is 1.23 bits per heavy atom. The number of carbonyl (C=O) groups is 1. The summed E-state index contributed by atoms with van der Waals surface area (Å²) in [5.74, 6) is 0.835. The molecule has 1 amide bonds. The quantitative estimate of drug-likeness (QED) is 0.619. The number of aryl methyl sites for hydroxylation is 1. The average Bonchev–Trinajstić information content (AvgIpc) is 2.93. The van der Waals surface area contributed by atoms with E-state index in [1.165, 1.54) is 11.3 Å². The summed E-state index contributed by atoms with van der Waals surface area (Å²) in [6.07, 6.45) is 0. The average molecular weight is 386 g/mol. The Kier molecular flexibility index (Phi) is 5.39. The van der Waals surface area contributed by atoms with Crippen LogP contribution in [0.4, 0.5) is 11.5 Å². The molecule has 134 valence electrons. The Labute approximate surface area is 161 Å². The summed E-state index contributed by atoms with van der Waals surface area (Å²) in [5.41, 5.74) is 8.77. The molecule has 7 heteroatoms. The molecule has 3 aromatic rings. The summed E-state index contributed by atoms with van der Waals surface area (Å²) in [6, 6.07) is 15.0. The molecule has 2 aromatic carbocycles. The number of thiazole rings is 1. The van der Waals surface area contributed by atoms with Gasteiger partial charge in [0.1, 0.15) is 16.4 Å². The predicted octanol–water partition coefficient (Wildman–Crippen LogP) is 4.81. The van der Waals surface area contributed by atoms with Crippen molar-refractivity contribution in [1.29, 1.82) is 0 Å². The van der Waals surface area contributed by atoms with Gasteiger partial charge in [-0.2, -0.15) is 0 Å². The van der Waals surface area contributed by atoms with E-state index in [1.807, 2.05) is 62.4 Å². The Balaban J connectivity index is 1.91. The Hall–Kier alpha value is -2.64. The van der Waals surface area contributed by atoms with Crippen molar-refractivity contribution in [3.63, 3.8) is 0 Å². The van der Waals surface area contributed by atoms with Crippen molar-refractivity contribution < 1.29 is 9.53 Å². The van der Waals surface area contributed by atoms with Crippen molar-refractivity contribution in [1.82, 2.24) is 4.57 Å². The van der Waals surface area contributed by atoms with E-state index in [0.717, 1.165) is 22.7 Å². The first kappa shape index (κ1) is 18.2. The van der Waals surface area contributed by atoms with Crippen molar-refractivity contribution in [3.05, 3.63) is 62.9 Å². The highest BCUT2D eigenvalue weighted by atomic mass is 32.1. The number of amides is 1. The standard InChI is InChI=1S/C19H19N3O2S2/c1-3-24-14-10-8-13(9-11-14)22-17(20)16(26-19(22)25)18(23)21-15-7-5-4-6-12(15)2/h4-11H,3,20H2,1-2H3,(H,21,23). The maximum Gasteiger partial charge on any atom is 0.269 e. The summed E-state index contributed by atoms with van der Waals surface area (Å²) in [4.78, 5) is 13.1. The van der Waals surface area contributed by atoms with Crippen molar-refractivity contribution in [3.8, 4) is 11.4 Å². The molecule has 0 radical (unpaired) electrons. The van der Waals surface area contributed by atoms with Gasteiger partial charge in [-0.3, -0.25) is 9.36 Å². The molecule has 0 aliphatic heterocycles. The lowest BCUT2D eigenvalue weighted by Gasteiger charge is -2.09. The maximum atomic E-state index is 12.7. The fraction of sp³-hybridized carbons (Fsp3) is 0.158. The van der Waals surface area contributed by atoms with Gasteiger partial charge < -0.3 is 15.8 Å². The molecular formula is C19H19N3O2S2. The van der Waals surface area contributed by atoms with Gasteiger partial charge in [0.2, 0.25) is 0 Å². The van der Waals surface area contributed by atoms with Crippen LogP contribution in [0.5, 0.6) is 5.75 Å². The van der Waals surface area contributed by atoms with E-state index in [4.69, 9.17) is 22.7 Å². The highest BCUT2D eigenvalue weighted by molar-refractivity contribution is 7.73. The number of carbonyl (C=O) groups excluding carboxylic acids is 1. The number of anilines is 2. The van der Waals surface area contributed by atoms with E-state index in [1.54, 1.807) is 4.57 Å². The molecule has 0 saturated heterocycles. The monoisotopic (exact) mass is 385 g/mol. The number of para-hydroxylation sites is 1. The fourth-order valence-corrected chi connectivity index (χ4v) is 3.81. The van der Waals surface area contributed by atoms with E-state index in [-0.39, 0.29) is 5.91 Å². The van der Waals surface area contributed by atoms with Crippen LogP contribution in [0, 0.1) is 10.9 Å². The molecule has 1 heterocycles. The van der Waals surface area contributed by atoms with Crippen LogP contribution in [0.15, 0.2) is 48.5 Å². The normalized spacial score (nSPS) is 10.5. The first-order valence-corrected chi connectivity index (χ1v) is 9.35. The fourth-order valence-electron chi connectivity index (χ4n) is 2.54. The van der Waals surface area contributed by atoms with E-state index in [9.17, 15) is 4.79 Å². The van der Waals surface area contributed by atoms with Gasteiger partial charge >= 0.3 is 0 Å².